The normalized spacial score (nSPS) is 16.0. The smallest absolute Gasteiger partial charge is 0.224 e. The number of nitrogens with zero attached hydrogens (tertiary/aromatic N) is 1. The van der Waals surface area contributed by atoms with E-state index in [2.05, 4.69) is 36.2 Å². The fourth-order valence-electron chi connectivity index (χ4n) is 3.22. The number of ether oxygens (including phenoxy) is 2. The molecule has 0 aromatic heterocycles. The Morgan fingerprint density at radius 1 is 1.15 bits per heavy atom. The van der Waals surface area contributed by atoms with Crippen molar-refractivity contribution in [3.63, 3.8) is 0 Å². The van der Waals surface area contributed by atoms with E-state index < -0.39 is 0 Å². The molecule has 27 heavy (non-hydrogen) atoms. The van der Waals surface area contributed by atoms with Gasteiger partial charge in [0.2, 0.25) is 5.91 Å². The molecule has 2 aromatic carbocycles. The van der Waals surface area contributed by atoms with Gasteiger partial charge < -0.3 is 19.7 Å². The predicted molar refractivity (Wildman–Crippen MR) is 108 cm³/mol. The summed E-state index contributed by atoms with van der Waals surface area (Å²) in [5, 5.41) is 2.95. The molecule has 0 unspecified atom stereocenters. The van der Waals surface area contributed by atoms with Gasteiger partial charge in [-0.25, -0.2) is 0 Å². The minimum Gasteiger partial charge on any atom is -0.494 e. The lowest BCUT2D eigenvalue weighted by Gasteiger charge is -2.43. The Kier molecular flexibility index (Phi) is 6.35. The van der Waals surface area contributed by atoms with Gasteiger partial charge in [0, 0.05) is 24.3 Å². The van der Waals surface area contributed by atoms with E-state index in [1.807, 2.05) is 42.5 Å². The van der Waals surface area contributed by atoms with Crippen LogP contribution < -0.4 is 15.0 Å². The topological polar surface area (TPSA) is 50.8 Å². The van der Waals surface area contributed by atoms with Crippen LogP contribution >= 0.6 is 0 Å². The lowest BCUT2D eigenvalue weighted by atomic mass is 10.0. The van der Waals surface area contributed by atoms with E-state index in [-0.39, 0.29) is 11.4 Å². The molecular formula is C22H28N2O3. The highest BCUT2D eigenvalue weighted by Crippen LogP contribution is 2.28. The van der Waals surface area contributed by atoms with Gasteiger partial charge in [-0.05, 0) is 56.7 Å². The van der Waals surface area contributed by atoms with E-state index in [1.165, 1.54) is 0 Å². The number of morpholine rings is 1. The summed E-state index contributed by atoms with van der Waals surface area (Å²) in [6.07, 6.45) is 1.12. The van der Waals surface area contributed by atoms with Crippen LogP contribution in [0.3, 0.4) is 0 Å². The van der Waals surface area contributed by atoms with Crippen molar-refractivity contribution in [3.05, 3.63) is 54.6 Å². The van der Waals surface area contributed by atoms with Crippen LogP contribution in [0.1, 0.15) is 26.7 Å². The molecule has 0 spiro atoms. The van der Waals surface area contributed by atoms with Crippen molar-refractivity contribution in [2.24, 2.45) is 0 Å². The maximum atomic E-state index is 12.1. The summed E-state index contributed by atoms with van der Waals surface area (Å²) >= 11 is 0. The third-order valence-corrected chi connectivity index (χ3v) is 4.67. The van der Waals surface area contributed by atoms with Crippen LogP contribution in [0.4, 0.5) is 11.4 Å². The Labute approximate surface area is 161 Å². The summed E-state index contributed by atoms with van der Waals surface area (Å²) < 4.78 is 11.2. The van der Waals surface area contributed by atoms with Crippen molar-refractivity contribution in [1.29, 1.82) is 0 Å². The number of hydrogen-bond donors (Lipinski definition) is 1. The molecule has 5 heteroatoms. The molecule has 1 heterocycles. The standard InChI is InChI=1S/C22H28N2O3/c1-22(2)17-26-16-14-24(22)19-12-10-18(11-13-19)23-21(25)9-6-15-27-20-7-4-3-5-8-20/h3-5,7-8,10-13H,6,9,14-17H2,1-2H3,(H,23,25). The van der Waals surface area contributed by atoms with E-state index >= 15 is 0 Å². The van der Waals surface area contributed by atoms with Gasteiger partial charge in [0.15, 0.2) is 0 Å². The van der Waals surface area contributed by atoms with Gasteiger partial charge in [0.05, 0.1) is 25.4 Å². The van der Waals surface area contributed by atoms with Crippen LogP contribution in [0.15, 0.2) is 54.6 Å². The lowest BCUT2D eigenvalue weighted by Crippen LogP contribution is -2.53. The highest BCUT2D eigenvalue weighted by atomic mass is 16.5. The maximum Gasteiger partial charge on any atom is 0.224 e. The van der Waals surface area contributed by atoms with Gasteiger partial charge >= 0.3 is 0 Å². The monoisotopic (exact) mass is 368 g/mol. The third-order valence-electron chi connectivity index (χ3n) is 4.67. The summed E-state index contributed by atoms with van der Waals surface area (Å²) in [5.41, 5.74) is 1.94. The molecule has 0 aliphatic carbocycles. The molecule has 0 radical (unpaired) electrons. The number of para-hydroxylation sites is 1. The Balaban J connectivity index is 1.44. The molecule has 0 bridgehead atoms. The van der Waals surface area contributed by atoms with E-state index in [4.69, 9.17) is 9.47 Å². The molecule has 0 atom stereocenters. The second kappa shape index (κ2) is 8.91. The summed E-state index contributed by atoms with van der Waals surface area (Å²) in [6, 6.07) is 17.7. The van der Waals surface area contributed by atoms with Crippen LogP contribution in [0.5, 0.6) is 5.75 Å². The quantitative estimate of drug-likeness (QED) is 0.748. The van der Waals surface area contributed by atoms with Crippen molar-refractivity contribution >= 4 is 17.3 Å². The number of anilines is 2. The first-order valence-electron chi connectivity index (χ1n) is 9.48. The number of nitrogens with one attached hydrogen (secondary N) is 1. The first kappa shape index (κ1) is 19.2. The zero-order chi connectivity index (χ0) is 19.1. The zero-order valence-corrected chi connectivity index (χ0v) is 16.1. The molecule has 2 aromatic rings. The molecule has 5 nitrogen and oxygen atoms in total. The Bertz CT molecular complexity index is 729. The molecular weight excluding hydrogens is 340 g/mol. The van der Waals surface area contributed by atoms with Gasteiger partial charge in [-0.15, -0.1) is 0 Å². The van der Waals surface area contributed by atoms with E-state index in [0.29, 0.717) is 19.4 Å². The first-order valence-corrected chi connectivity index (χ1v) is 9.48. The number of rotatable bonds is 7. The highest BCUT2D eigenvalue weighted by molar-refractivity contribution is 5.90. The summed E-state index contributed by atoms with van der Waals surface area (Å²) in [6.45, 7) is 7.23. The average molecular weight is 368 g/mol. The molecule has 144 valence electrons. The number of amides is 1. The van der Waals surface area contributed by atoms with Crippen molar-refractivity contribution in [1.82, 2.24) is 0 Å². The molecule has 1 amide bonds. The van der Waals surface area contributed by atoms with Crippen molar-refractivity contribution < 1.29 is 14.3 Å². The number of carbonyl (C=O) groups excluding carboxylic acids is 1. The highest BCUT2D eigenvalue weighted by Gasteiger charge is 2.30. The Morgan fingerprint density at radius 3 is 2.59 bits per heavy atom. The molecule has 1 aliphatic heterocycles. The van der Waals surface area contributed by atoms with Crippen LogP contribution in [-0.4, -0.2) is 37.8 Å². The molecule has 0 saturated carbocycles. The van der Waals surface area contributed by atoms with E-state index in [0.717, 1.165) is 36.9 Å². The summed E-state index contributed by atoms with van der Waals surface area (Å²) in [4.78, 5) is 14.5. The van der Waals surface area contributed by atoms with Crippen LogP contribution in [0, 0.1) is 0 Å². The van der Waals surface area contributed by atoms with Crippen molar-refractivity contribution in [2.45, 2.75) is 32.2 Å². The Morgan fingerprint density at radius 2 is 1.89 bits per heavy atom. The van der Waals surface area contributed by atoms with Crippen LogP contribution in [0.2, 0.25) is 0 Å². The summed E-state index contributed by atoms with van der Waals surface area (Å²) in [5.74, 6) is 0.839. The minimum absolute atomic E-state index is 0.00566. The van der Waals surface area contributed by atoms with E-state index in [1.54, 1.807) is 0 Å². The second-order valence-electron chi connectivity index (χ2n) is 7.38. The molecule has 1 N–H and O–H groups in total. The Hall–Kier alpha value is -2.53. The fourth-order valence-corrected chi connectivity index (χ4v) is 3.22. The number of hydrogen-bond acceptors (Lipinski definition) is 4. The first-order chi connectivity index (χ1) is 13.0. The average Bonchev–Trinajstić information content (AvgIpc) is 2.67. The lowest BCUT2D eigenvalue weighted by molar-refractivity contribution is -0.116. The zero-order valence-electron chi connectivity index (χ0n) is 16.1. The fraction of sp³-hybridized carbons (Fsp3) is 0.409. The van der Waals surface area contributed by atoms with Gasteiger partial charge in [0.25, 0.3) is 0 Å². The van der Waals surface area contributed by atoms with Crippen molar-refractivity contribution in [2.75, 3.05) is 36.6 Å². The maximum absolute atomic E-state index is 12.1. The number of benzene rings is 2. The second-order valence-corrected chi connectivity index (χ2v) is 7.38. The summed E-state index contributed by atoms with van der Waals surface area (Å²) in [7, 11) is 0. The minimum atomic E-state index is -0.0260. The third kappa shape index (κ3) is 5.47. The molecule has 3 rings (SSSR count). The molecule has 1 fully saturated rings. The predicted octanol–water partition coefficient (Wildman–Crippen LogP) is 4.10. The number of carbonyl (C=O) groups is 1. The molecule has 1 aliphatic rings. The largest absolute Gasteiger partial charge is 0.494 e. The SMILES string of the molecule is CC1(C)COCCN1c1ccc(NC(=O)CCCOc2ccccc2)cc1. The van der Waals surface area contributed by atoms with E-state index in [9.17, 15) is 4.79 Å². The van der Waals surface area contributed by atoms with Crippen LogP contribution in [-0.2, 0) is 9.53 Å². The van der Waals surface area contributed by atoms with Crippen molar-refractivity contribution in [3.8, 4) is 5.75 Å². The van der Waals surface area contributed by atoms with Gasteiger partial charge in [-0.3, -0.25) is 4.79 Å². The van der Waals surface area contributed by atoms with Gasteiger partial charge in [0.1, 0.15) is 5.75 Å². The van der Waals surface area contributed by atoms with Crippen LogP contribution in [0.25, 0.3) is 0 Å². The molecule has 1 saturated heterocycles. The van der Waals surface area contributed by atoms with Gasteiger partial charge in [-0.1, -0.05) is 18.2 Å². The van der Waals surface area contributed by atoms with Gasteiger partial charge in [-0.2, -0.15) is 0 Å².